The van der Waals surface area contributed by atoms with Crippen molar-refractivity contribution in [3.63, 3.8) is 0 Å². The van der Waals surface area contributed by atoms with Crippen LogP contribution in [-0.4, -0.2) is 57.8 Å². The maximum Gasteiger partial charge on any atom is 0.221 e. The van der Waals surface area contributed by atoms with Crippen LogP contribution in [-0.2, 0) is 9.53 Å². The lowest BCUT2D eigenvalue weighted by Crippen LogP contribution is -2.35. The quantitative estimate of drug-likeness (QED) is 0.648. The zero-order valence-corrected chi connectivity index (χ0v) is 11.5. The maximum atomic E-state index is 11.0. The van der Waals surface area contributed by atoms with Crippen LogP contribution in [0, 0.1) is 0 Å². The molecule has 7 heteroatoms. The van der Waals surface area contributed by atoms with Crippen molar-refractivity contribution in [3.05, 3.63) is 0 Å². The van der Waals surface area contributed by atoms with Gasteiger partial charge in [-0.25, -0.2) is 0 Å². The maximum absolute atomic E-state index is 11.0. The lowest BCUT2D eigenvalue weighted by Gasteiger charge is -2.15. The highest BCUT2D eigenvalue weighted by Crippen LogP contribution is 1.81. The van der Waals surface area contributed by atoms with Gasteiger partial charge in [0.25, 0.3) is 0 Å². The summed E-state index contributed by atoms with van der Waals surface area (Å²) in [6.07, 6.45) is 0.405. The van der Waals surface area contributed by atoms with E-state index < -0.39 is 0 Å². The van der Waals surface area contributed by atoms with Crippen LogP contribution in [0.5, 0.6) is 0 Å². The van der Waals surface area contributed by atoms with E-state index in [1.165, 1.54) is 0 Å². The fourth-order valence-corrected chi connectivity index (χ4v) is 0.965. The van der Waals surface area contributed by atoms with Crippen LogP contribution in [0.15, 0.2) is 0 Å². The SMILES string of the molecule is COCCN(C)CCNC(=O)CCN.Cl.Cl. The molecule has 0 aromatic heterocycles. The fraction of sp³-hybridized carbons (Fsp3) is 0.889. The summed E-state index contributed by atoms with van der Waals surface area (Å²) >= 11 is 0. The summed E-state index contributed by atoms with van der Waals surface area (Å²) in [6, 6.07) is 0. The number of likely N-dealkylation sites (N-methyl/N-ethyl adjacent to an activating group) is 1. The van der Waals surface area contributed by atoms with Crippen molar-refractivity contribution in [2.24, 2.45) is 5.73 Å². The second-order valence-corrected chi connectivity index (χ2v) is 3.18. The number of nitrogens with zero attached hydrogens (tertiary/aromatic N) is 1. The van der Waals surface area contributed by atoms with E-state index in [-0.39, 0.29) is 30.7 Å². The van der Waals surface area contributed by atoms with Gasteiger partial charge in [0, 0.05) is 39.7 Å². The van der Waals surface area contributed by atoms with Crippen LogP contribution in [0.3, 0.4) is 0 Å². The van der Waals surface area contributed by atoms with E-state index in [9.17, 15) is 4.79 Å². The van der Waals surface area contributed by atoms with Gasteiger partial charge >= 0.3 is 0 Å². The number of halogens is 2. The molecule has 0 radical (unpaired) electrons. The van der Waals surface area contributed by atoms with Gasteiger partial charge in [-0.2, -0.15) is 0 Å². The average molecular weight is 276 g/mol. The molecule has 0 aromatic rings. The number of ether oxygens (including phenoxy) is 1. The molecule has 100 valence electrons. The van der Waals surface area contributed by atoms with Crippen LogP contribution in [0.4, 0.5) is 0 Å². The third-order valence-electron chi connectivity index (χ3n) is 1.86. The molecule has 5 nitrogen and oxygen atoms in total. The predicted molar refractivity (Wildman–Crippen MR) is 70.6 cm³/mol. The number of nitrogens with two attached hydrogens (primary N) is 1. The van der Waals surface area contributed by atoms with Gasteiger partial charge in [0.1, 0.15) is 0 Å². The number of hydrogen-bond donors (Lipinski definition) is 2. The Labute approximate surface area is 110 Å². The Morgan fingerprint density at radius 1 is 1.38 bits per heavy atom. The third kappa shape index (κ3) is 13.9. The monoisotopic (exact) mass is 275 g/mol. The van der Waals surface area contributed by atoms with E-state index in [0.717, 1.165) is 13.1 Å². The first-order valence-corrected chi connectivity index (χ1v) is 4.85. The molecule has 0 saturated heterocycles. The van der Waals surface area contributed by atoms with Gasteiger partial charge in [-0.05, 0) is 7.05 Å². The first-order valence-electron chi connectivity index (χ1n) is 4.85. The molecule has 0 aromatic carbocycles. The zero-order valence-electron chi connectivity index (χ0n) is 9.90. The second-order valence-electron chi connectivity index (χ2n) is 3.18. The van der Waals surface area contributed by atoms with E-state index in [2.05, 4.69) is 10.2 Å². The Hall–Kier alpha value is -0.0700. The van der Waals surface area contributed by atoms with Gasteiger partial charge < -0.3 is 20.7 Å². The Bertz CT molecular complexity index is 162. The molecule has 0 aliphatic heterocycles. The molecule has 1 amide bonds. The van der Waals surface area contributed by atoms with Gasteiger partial charge in [0.05, 0.1) is 6.61 Å². The number of carbonyl (C=O) groups excluding carboxylic acids is 1. The predicted octanol–water partition coefficient (Wildman–Crippen LogP) is -0.127. The molecule has 0 heterocycles. The number of amides is 1. The molecule has 0 aliphatic rings. The summed E-state index contributed by atoms with van der Waals surface area (Å²) in [5.41, 5.74) is 5.24. The lowest BCUT2D eigenvalue weighted by molar-refractivity contribution is -0.120. The lowest BCUT2D eigenvalue weighted by atomic mass is 10.4. The van der Waals surface area contributed by atoms with Crippen molar-refractivity contribution >= 4 is 30.7 Å². The highest BCUT2D eigenvalue weighted by Gasteiger charge is 2.00. The largest absolute Gasteiger partial charge is 0.383 e. The van der Waals surface area contributed by atoms with E-state index in [4.69, 9.17) is 10.5 Å². The summed E-state index contributed by atoms with van der Waals surface area (Å²) in [5.74, 6) is 0.0210. The van der Waals surface area contributed by atoms with Crippen LogP contribution in [0.2, 0.25) is 0 Å². The minimum atomic E-state index is 0. The van der Waals surface area contributed by atoms with Gasteiger partial charge in [-0.3, -0.25) is 4.79 Å². The molecule has 16 heavy (non-hydrogen) atoms. The van der Waals surface area contributed by atoms with Crippen molar-refractivity contribution in [3.8, 4) is 0 Å². The van der Waals surface area contributed by atoms with Gasteiger partial charge in [0.2, 0.25) is 5.91 Å². The molecule has 0 saturated carbocycles. The van der Waals surface area contributed by atoms with E-state index in [1.54, 1.807) is 7.11 Å². The number of hydrogen-bond acceptors (Lipinski definition) is 4. The molecular weight excluding hydrogens is 253 g/mol. The van der Waals surface area contributed by atoms with Gasteiger partial charge in [-0.1, -0.05) is 0 Å². The summed E-state index contributed by atoms with van der Waals surface area (Å²) in [4.78, 5) is 13.1. The third-order valence-corrected chi connectivity index (χ3v) is 1.86. The van der Waals surface area contributed by atoms with Crippen molar-refractivity contribution in [1.29, 1.82) is 0 Å². The fourth-order valence-electron chi connectivity index (χ4n) is 0.965. The number of methoxy groups -OCH3 is 1. The summed E-state index contributed by atoms with van der Waals surface area (Å²) in [7, 11) is 3.67. The molecular formula is C9H23Cl2N3O2. The van der Waals surface area contributed by atoms with Crippen LogP contribution in [0.25, 0.3) is 0 Å². The van der Waals surface area contributed by atoms with Crippen LogP contribution in [0.1, 0.15) is 6.42 Å². The molecule has 0 rings (SSSR count). The highest BCUT2D eigenvalue weighted by atomic mass is 35.5. The number of carbonyl (C=O) groups is 1. The highest BCUT2D eigenvalue weighted by molar-refractivity contribution is 5.85. The van der Waals surface area contributed by atoms with E-state index >= 15 is 0 Å². The first-order chi connectivity index (χ1) is 6.70. The normalized spacial score (nSPS) is 9.25. The van der Waals surface area contributed by atoms with Crippen molar-refractivity contribution in [2.75, 3.05) is 46.9 Å². The van der Waals surface area contributed by atoms with Crippen LogP contribution >= 0.6 is 24.8 Å². The Morgan fingerprint density at radius 2 is 2.00 bits per heavy atom. The Balaban J connectivity index is -0.000000845. The summed E-state index contributed by atoms with van der Waals surface area (Å²) < 4.78 is 4.93. The Morgan fingerprint density at radius 3 is 2.50 bits per heavy atom. The van der Waals surface area contributed by atoms with Crippen molar-refractivity contribution in [2.45, 2.75) is 6.42 Å². The number of nitrogens with one attached hydrogen (secondary N) is 1. The molecule has 0 spiro atoms. The van der Waals surface area contributed by atoms with Gasteiger partial charge in [0.15, 0.2) is 0 Å². The average Bonchev–Trinajstić information content (AvgIpc) is 2.15. The van der Waals surface area contributed by atoms with E-state index in [0.29, 0.717) is 26.1 Å². The molecule has 0 fully saturated rings. The van der Waals surface area contributed by atoms with E-state index in [1.807, 2.05) is 7.05 Å². The number of rotatable bonds is 8. The second kappa shape index (κ2) is 14.9. The minimum absolute atomic E-state index is 0. The van der Waals surface area contributed by atoms with Crippen molar-refractivity contribution in [1.82, 2.24) is 10.2 Å². The summed E-state index contributed by atoms with van der Waals surface area (Å²) in [5, 5.41) is 2.79. The standard InChI is InChI=1S/C9H21N3O2.2ClH/c1-12(7-8-14-2)6-5-11-9(13)3-4-10;;/h3-8,10H2,1-2H3,(H,11,13);2*1H. The van der Waals surface area contributed by atoms with Gasteiger partial charge in [-0.15, -0.1) is 24.8 Å². The zero-order chi connectivity index (χ0) is 10.8. The topological polar surface area (TPSA) is 67.6 Å². The van der Waals surface area contributed by atoms with Crippen LogP contribution < -0.4 is 11.1 Å². The minimum Gasteiger partial charge on any atom is -0.383 e. The Kier molecular flexibility index (Phi) is 19.8. The van der Waals surface area contributed by atoms with Crippen molar-refractivity contribution < 1.29 is 9.53 Å². The first kappa shape index (κ1) is 21.2. The summed E-state index contributed by atoms with van der Waals surface area (Å²) in [6.45, 7) is 3.50. The molecule has 3 N–H and O–H groups in total. The molecule has 0 atom stereocenters. The molecule has 0 unspecified atom stereocenters. The molecule has 0 aliphatic carbocycles. The molecule has 0 bridgehead atoms. The smallest absolute Gasteiger partial charge is 0.221 e.